The van der Waals surface area contributed by atoms with E-state index in [9.17, 15) is 9.59 Å². The van der Waals surface area contributed by atoms with Crippen LogP contribution in [0.15, 0.2) is 0 Å². The van der Waals surface area contributed by atoms with Crippen molar-refractivity contribution in [2.24, 2.45) is 5.90 Å². The maximum atomic E-state index is 10.0. The molecule has 54 valence electrons. The zero-order valence-corrected chi connectivity index (χ0v) is 5.68. The van der Waals surface area contributed by atoms with Gasteiger partial charge in [-0.2, -0.15) is 0 Å². The molecule has 4 nitrogen and oxygen atoms in total. The number of halogens is 1. The highest BCUT2D eigenvalue weighted by Gasteiger charge is 2.04. The van der Waals surface area contributed by atoms with E-state index in [1.165, 1.54) is 0 Å². The molecule has 9 heavy (non-hydrogen) atoms. The molecular weight excluding hydrogens is 146 g/mol. The molecule has 0 aromatic carbocycles. The van der Waals surface area contributed by atoms with Gasteiger partial charge in [-0.05, 0) is 11.6 Å². The van der Waals surface area contributed by atoms with Crippen molar-refractivity contribution in [1.82, 2.24) is 0 Å². The Kier molecular flexibility index (Phi) is 9.53. The molecule has 0 heterocycles. The molecule has 0 rings (SSSR count). The Morgan fingerprint density at radius 2 is 1.89 bits per heavy atom. The second kappa shape index (κ2) is 7.55. The Bertz CT molecular complexity index is 104. The van der Waals surface area contributed by atoms with Gasteiger partial charge in [0.05, 0.1) is 0 Å². The Balaban J connectivity index is 0. The molecule has 0 fully saturated rings. The quantitative estimate of drug-likeness (QED) is 0.334. The monoisotopic (exact) mass is 153 g/mol. The van der Waals surface area contributed by atoms with E-state index in [0.717, 1.165) is 0 Å². The molecule has 0 aliphatic carbocycles. The lowest BCUT2D eigenvalue weighted by Gasteiger charge is -1.79. The van der Waals surface area contributed by atoms with E-state index >= 15 is 0 Å². The first kappa shape index (κ1) is 11.4. The third kappa shape index (κ3) is 7.55. The molecule has 3 N–H and O–H groups in total. The molecule has 0 bridgehead atoms. The van der Waals surface area contributed by atoms with Gasteiger partial charge in [-0.25, -0.2) is 5.90 Å². The maximum Gasteiger partial charge on any atom is 0.288 e. The van der Waals surface area contributed by atoms with Crippen molar-refractivity contribution in [2.45, 2.75) is 13.3 Å². The summed E-state index contributed by atoms with van der Waals surface area (Å²) in [5.74, 6) is 2.97. The standard InChI is InChI=1S/C4H5ClO2.H3NO/c1-2-3(6)4(5)7;1-2/h2H2,1H3;2H,1H2. The molecule has 5 heteroatoms. The average molecular weight is 154 g/mol. The number of hydrogen-bond acceptors (Lipinski definition) is 4. The SMILES string of the molecule is CCC(=O)C(=O)Cl.NO. The van der Waals surface area contributed by atoms with E-state index in [1.807, 2.05) is 0 Å². The summed E-state index contributed by atoms with van der Waals surface area (Å²) in [6.07, 6.45) is 0.197. The largest absolute Gasteiger partial charge is 0.320 e. The highest BCUT2D eigenvalue weighted by atomic mass is 35.5. The van der Waals surface area contributed by atoms with E-state index < -0.39 is 11.0 Å². The molecule has 0 saturated heterocycles. The number of rotatable bonds is 2. The molecule has 0 aromatic rings. The van der Waals surface area contributed by atoms with Crippen molar-refractivity contribution in [3.63, 3.8) is 0 Å². The summed E-state index contributed by atoms with van der Waals surface area (Å²) in [4.78, 5) is 19.8. The van der Waals surface area contributed by atoms with Gasteiger partial charge in [-0.1, -0.05) is 6.92 Å². The summed E-state index contributed by atoms with van der Waals surface area (Å²) >= 11 is 4.74. The molecular formula is C4H8ClNO3. The molecule has 0 unspecified atom stereocenters. The Hall–Kier alpha value is -0.450. The van der Waals surface area contributed by atoms with Crippen LogP contribution in [-0.4, -0.2) is 16.2 Å². The predicted octanol–water partition coefficient (Wildman–Crippen LogP) is 0.0652. The summed E-state index contributed by atoms with van der Waals surface area (Å²) in [6.45, 7) is 1.59. The van der Waals surface area contributed by atoms with Crippen LogP contribution < -0.4 is 5.90 Å². The lowest BCUT2D eigenvalue weighted by molar-refractivity contribution is -0.131. The first-order valence-electron chi connectivity index (χ1n) is 2.17. The van der Waals surface area contributed by atoms with Crippen molar-refractivity contribution in [2.75, 3.05) is 0 Å². The van der Waals surface area contributed by atoms with Gasteiger partial charge in [0.15, 0.2) is 0 Å². The third-order valence-electron chi connectivity index (χ3n) is 0.540. The van der Waals surface area contributed by atoms with Crippen molar-refractivity contribution < 1.29 is 14.8 Å². The summed E-state index contributed by atoms with van der Waals surface area (Å²) in [5, 5.41) is 5.63. The minimum Gasteiger partial charge on any atom is -0.320 e. The van der Waals surface area contributed by atoms with E-state index in [0.29, 0.717) is 0 Å². The van der Waals surface area contributed by atoms with Crippen LogP contribution in [0.25, 0.3) is 0 Å². The number of ketones is 1. The predicted molar refractivity (Wildman–Crippen MR) is 32.1 cm³/mol. The fraction of sp³-hybridized carbons (Fsp3) is 0.500. The summed E-state index contributed by atoms with van der Waals surface area (Å²) < 4.78 is 0. The smallest absolute Gasteiger partial charge is 0.288 e. The minimum atomic E-state index is -0.873. The molecule has 0 saturated carbocycles. The summed E-state index contributed by atoms with van der Waals surface area (Å²) in [6, 6.07) is 0. The lowest BCUT2D eigenvalue weighted by Crippen LogP contribution is -2.03. The molecule has 0 aromatic heterocycles. The average Bonchev–Trinajstić information content (AvgIpc) is 1.91. The van der Waals surface area contributed by atoms with Gasteiger partial charge in [-0.15, -0.1) is 0 Å². The molecule has 0 amide bonds. The van der Waals surface area contributed by atoms with Gasteiger partial charge in [0, 0.05) is 6.42 Å². The van der Waals surface area contributed by atoms with E-state index in [-0.39, 0.29) is 6.42 Å². The number of Topliss-reactive ketones (excluding diaryl/α,β-unsaturated/α-hetero) is 1. The zero-order valence-electron chi connectivity index (χ0n) is 4.93. The van der Waals surface area contributed by atoms with E-state index in [2.05, 4.69) is 5.90 Å². The normalized spacial score (nSPS) is 7.11. The van der Waals surface area contributed by atoms with Gasteiger partial charge in [0.25, 0.3) is 5.24 Å². The number of carbonyl (C=O) groups is 2. The number of carbonyl (C=O) groups excluding carboxylic acids is 2. The van der Waals surface area contributed by atoms with Gasteiger partial charge < -0.3 is 5.21 Å². The second-order valence-electron chi connectivity index (χ2n) is 1.05. The summed E-state index contributed by atoms with van der Waals surface area (Å²) in [5.41, 5.74) is 0. The van der Waals surface area contributed by atoms with E-state index in [1.54, 1.807) is 6.92 Å². The van der Waals surface area contributed by atoms with Crippen LogP contribution in [0.2, 0.25) is 0 Å². The molecule has 0 atom stereocenters. The fourth-order valence-electron chi connectivity index (χ4n) is 0.139. The lowest BCUT2D eigenvalue weighted by atomic mass is 10.3. The molecule has 0 aliphatic rings. The topological polar surface area (TPSA) is 80.4 Å². The first-order valence-corrected chi connectivity index (χ1v) is 2.54. The van der Waals surface area contributed by atoms with Gasteiger partial charge >= 0.3 is 0 Å². The van der Waals surface area contributed by atoms with Gasteiger partial charge in [0.1, 0.15) is 0 Å². The molecule has 0 spiro atoms. The van der Waals surface area contributed by atoms with Crippen LogP contribution in [0.5, 0.6) is 0 Å². The number of hydrogen-bond donors (Lipinski definition) is 2. The summed E-state index contributed by atoms with van der Waals surface area (Å²) in [7, 11) is 0. The van der Waals surface area contributed by atoms with Crippen molar-refractivity contribution in [3.8, 4) is 0 Å². The van der Waals surface area contributed by atoms with Gasteiger partial charge in [-0.3, -0.25) is 9.59 Å². The first-order chi connectivity index (χ1) is 4.18. The maximum absolute atomic E-state index is 10.0. The van der Waals surface area contributed by atoms with Crippen molar-refractivity contribution in [1.29, 1.82) is 0 Å². The number of nitrogens with two attached hydrogens (primary N) is 1. The van der Waals surface area contributed by atoms with Crippen LogP contribution in [0.3, 0.4) is 0 Å². The van der Waals surface area contributed by atoms with Crippen LogP contribution in [0.1, 0.15) is 13.3 Å². The van der Waals surface area contributed by atoms with Crippen molar-refractivity contribution >= 4 is 22.6 Å². The Morgan fingerprint density at radius 1 is 1.56 bits per heavy atom. The highest BCUT2D eigenvalue weighted by molar-refractivity contribution is 6.81. The fourth-order valence-corrected chi connectivity index (χ4v) is 0.273. The van der Waals surface area contributed by atoms with Crippen LogP contribution >= 0.6 is 11.6 Å². The Labute approximate surface area is 57.6 Å². The molecule has 0 radical (unpaired) electrons. The zero-order chi connectivity index (χ0) is 7.86. The van der Waals surface area contributed by atoms with Crippen LogP contribution in [0.4, 0.5) is 0 Å². The van der Waals surface area contributed by atoms with Crippen molar-refractivity contribution in [3.05, 3.63) is 0 Å². The highest BCUT2D eigenvalue weighted by Crippen LogP contribution is 1.85. The Morgan fingerprint density at radius 3 is 1.89 bits per heavy atom. The second-order valence-corrected chi connectivity index (χ2v) is 1.39. The van der Waals surface area contributed by atoms with Crippen LogP contribution in [-0.2, 0) is 9.59 Å². The minimum absolute atomic E-state index is 0.197. The van der Waals surface area contributed by atoms with Gasteiger partial charge in [0.2, 0.25) is 5.78 Å². The third-order valence-corrected chi connectivity index (χ3v) is 0.751. The van der Waals surface area contributed by atoms with Crippen LogP contribution in [0, 0.1) is 0 Å². The van der Waals surface area contributed by atoms with E-state index in [4.69, 9.17) is 16.8 Å². The molecule has 0 aliphatic heterocycles.